The molecule has 1 amide bonds. The minimum Gasteiger partial charge on any atom is -0.459 e. The molecule has 0 bridgehead atoms. The monoisotopic (exact) mass is 412 g/mol. The molecule has 1 atom stereocenters. The number of halogens is 1. The molecule has 2 aromatic heterocycles. The molecule has 0 aliphatic carbocycles. The predicted octanol–water partition coefficient (Wildman–Crippen LogP) is 2.71. The fraction of sp³-hybridized carbons (Fsp3) is 0.429. The third kappa shape index (κ3) is 3.85. The zero-order valence-corrected chi connectivity index (χ0v) is 17.3. The molecule has 9 heteroatoms. The third-order valence-corrected chi connectivity index (χ3v) is 5.27. The molecule has 3 heterocycles. The van der Waals surface area contributed by atoms with E-state index in [9.17, 15) is 9.18 Å². The number of nitrogens with zero attached hydrogens (tertiary/aromatic N) is 6. The van der Waals surface area contributed by atoms with Crippen LogP contribution in [0.15, 0.2) is 47.1 Å². The number of amides is 1. The second-order valence-electron chi connectivity index (χ2n) is 8.35. The zero-order valence-electron chi connectivity index (χ0n) is 17.3. The minimum atomic E-state index is -0.457. The van der Waals surface area contributed by atoms with E-state index in [0.717, 1.165) is 0 Å². The Labute approximate surface area is 174 Å². The molecule has 1 aliphatic rings. The standard InChI is InChI=1S/C21H25FN6O2/c1-21(2,3)28-19(23-24-25-28)18(15-7-4-5-8-16(15)22)26-10-12-27(13-11-26)20(29)17-9-6-14-30-17/h4-9,14,18H,10-13H2,1-3H3/t18-/m0/s1. The minimum absolute atomic E-state index is 0.137. The maximum absolute atomic E-state index is 14.8. The lowest BCUT2D eigenvalue weighted by Gasteiger charge is -2.39. The number of hydrogen-bond donors (Lipinski definition) is 0. The molecular formula is C21H25FN6O2. The maximum Gasteiger partial charge on any atom is 0.289 e. The van der Waals surface area contributed by atoms with Crippen molar-refractivity contribution >= 4 is 5.91 Å². The fourth-order valence-corrected chi connectivity index (χ4v) is 3.78. The molecule has 0 radical (unpaired) electrons. The molecule has 1 saturated heterocycles. The summed E-state index contributed by atoms with van der Waals surface area (Å²) in [5, 5.41) is 12.3. The van der Waals surface area contributed by atoms with E-state index in [0.29, 0.717) is 43.3 Å². The predicted molar refractivity (Wildman–Crippen MR) is 107 cm³/mol. The van der Waals surface area contributed by atoms with Crippen molar-refractivity contribution < 1.29 is 13.6 Å². The lowest BCUT2D eigenvalue weighted by molar-refractivity contribution is 0.0553. The van der Waals surface area contributed by atoms with Crippen LogP contribution >= 0.6 is 0 Å². The summed E-state index contributed by atoms with van der Waals surface area (Å²) in [6.45, 7) is 8.13. The summed E-state index contributed by atoms with van der Waals surface area (Å²) < 4.78 is 21.8. The van der Waals surface area contributed by atoms with E-state index in [2.05, 4.69) is 20.4 Å². The van der Waals surface area contributed by atoms with Gasteiger partial charge >= 0.3 is 0 Å². The van der Waals surface area contributed by atoms with Crippen LogP contribution in [0.3, 0.4) is 0 Å². The van der Waals surface area contributed by atoms with Gasteiger partial charge in [-0.05, 0) is 49.4 Å². The molecule has 8 nitrogen and oxygen atoms in total. The Morgan fingerprint density at radius 3 is 2.47 bits per heavy atom. The number of furan rings is 1. The summed E-state index contributed by atoms with van der Waals surface area (Å²) in [6.07, 6.45) is 1.49. The first-order valence-corrected chi connectivity index (χ1v) is 9.96. The normalized spacial score (nSPS) is 16.6. The first kappa shape index (κ1) is 20.2. The molecule has 4 rings (SSSR count). The van der Waals surface area contributed by atoms with Gasteiger partial charge in [0.25, 0.3) is 5.91 Å². The van der Waals surface area contributed by atoms with Crippen LogP contribution in [0.4, 0.5) is 4.39 Å². The molecule has 1 aromatic carbocycles. The van der Waals surface area contributed by atoms with E-state index in [1.165, 1.54) is 12.3 Å². The summed E-state index contributed by atoms with van der Waals surface area (Å²) in [5.41, 5.74) is 0.156. The van der Waals surface area contributed by atoms with E-state index in [1.54, 1.807) is 33.8 Å². The van der Waals surface area contributed by atoms with Gasteiger partial charge in [0.1, 0.15) is 11.9 Å². The Hall–Kier alpha value is -3.07. The summed E-state index contributed by atoms with van der Waals surface area (Å²) in [7, 11) is 0. The van der Waals surface area contributed by atoms with Crippen LogP contribution in [0, 0.1) is 5.82 Å². The Morgan fingerprint density at radius 2 is 1.83 bits per heavy atom. The van der Waals surface area contributed by atoms with E-state index >= 15 is 0 Å². The number of piperazine rings is 1. The van der Waals surface area contributed by atoms with Gasteiger partial charge in [-0.3, -0.25) is 9.69 Å². The highest BCUT2D eigenvalue weighted by Crippen LogP contribution is 2.32. The molecule has 0 N–H and O–H groups in total. The average molecular weight is 412 g/mol. The Morgan fingerprint density at radius 1 is 1.10 bits per heavy atom. The van der Waals surface area contributed by atoms with Crippen molar-refractivity contribution in [2.45, 2.75) is 32.4 Å². The zero-order chi connectivity index (χ0) is 21.3. The van der Waals surface area contributed by atoms with Crippen LogP contribution in [-0.2, 0) is 5.54 Å². The number of aromatic nitrogens is 4. The van der Waals surface area contributed by atoms with Crippen molar-refractivity contribution in [1.82, 2.24) is 30.0 Å². The van der Waals surface area contributed by atoms with Crippen LogP contribution < -0.4 is 0 Å². The Bertz CT molecular complexity index is 1000. The highest BCUT2D eigenvalue weighted by atomic mass is 19.1. The third-order valence-electron chi connectivity index (χ3n) is 5.27. The second kappa shape index (κ2) is 7.98. The molecule has 0 saturated carbocycles. The number of hydrogen-bond acceptors (Lipinski definition) is 6. The van der Waals surface area contributed by atoms with Gasteiger partial charge in [-0.15, -0.1) is 5.10 Å². The van der Waals surface area contributed by atoms with Gasteiger partial charge in [0.05, 0.1) is 11.8 Å². The molecule has 0 unspecified atom stereocenters. The molecule has 30 heavy (non-hydrogen) atoms. The molecule has 1 fully saturated rings. The summed E-state index contributed by atoms with van der Waals surface area (Å²) >= 11 is 0. The largest absolute Gasteiger partial charge is 0.459 e. The van der Waals surface area contributed by atoms with Crippen LogP contribution in [0.1, 0.15) is 48.8 Å². The first-order valence-electron chi connectivity index (χ1n) is 9.96. The smallest absolute Gasteiger partial charge is 0.289 e. The summed E-state index contributed by atoms with van der Waals surface area (Å²) in [6, 6.07) is 9.60. The van der Waals surface area contributed by atoms with Gasteiger partial charge in [0.2, 0.25) is 0 Å². The Kier molecular flexibility index (Phi) is 5.38. The number of carbonyl (C=O) groups is 1. The molecule has 158 valence electrons. The highest BCUT2D eigenvalue weighted by molar-refractivity contribution is 5.91. The van der Waals surface area contributed by atoms with Gasteiger partial charge in [-0.25, -0.2) is 9.07 Å². The molecule has 1 aliphatic heterocycles. The van der Waals surface area contributed by atoms with E-state index in [-0.39, 0.29) is 17.3 Å². The lowest BCUT2D eigenvalue weighted by Crippen LogP contribution is -2.50. The fourth-order valence-electron chi connectivity index (χ4n) is 3.78. The van der Waals surface area contributed by atoms with Crippen LogP contribution in [-0.4, -0.2) is 62.1 Å². The lowest BCUT2D eigenvalue weighted by atomic mass is 10.0. The van der Waals surface area contributed by atoms with Crippen molar-refractivity contribution in [2.75, 3.05) is 26.2 Å². The Balaban J connectivity index is 1.63. The average Bonchev–Trinajstić information content (AvgIpc) is 3.42. The van der Waals surface area contributed by atoms with Crippen molar-refractivity contribution in [3.63, 3.8) is 0 Å². The van der Waals surface area contributed by atoms with Crippen LogP contribution in [0.25, 0.3) is 0 Å². The maximum atomic E-state index is 14.8. The van der Waals surface area contributed by atoms with E-state index in [4.69, 9.17) is 4.42 Å². The number of carbonyl (C=O) groups excluding carboxylic acids is 1. The summed E-state index contributed by atoms with van der Waals surface area (Å²) in [4.78, 5) is 16.5. The van der Waals surface area contributed by atoms with E-state index in [1.807, 2.05) is 26.8 Å². The highest BCUT2D eigenvalue weighted by Gasteiger charge is 2.35. The van der Waals surface area contributed by atoms with Gasteiger partial charge in [0.15, 0.2) is 11.6 Å². The van der Waals surface area contributed by atoms with E-state index < -0.39 is 6.04 Å². The first-order chi connectivity index (χ1) is 14.4. The number of tetrazole rings is 1. The molecule has 0 spiro atoms. The van der Waals surface area contributed by atoms with Crippen LogP contribution in [0.2, 0.25) is 0 Å². The number of benzene rings is 1. The topological polar surface area (TPSA) is 80.3 Å². The van der Waals surface area contributed by atoms with Crippen LogP contribution in [0.5, 0.6) is 0 Å². The summed E-state index contributed by atoms with van der Waals surface area (Å²) in [5.74, 6) is 0.464. The molecule has 3 aromatic rings. The quantitative estimate of drug-likeness (QED) is 0.656. The SMILES string of the molecule is CC(C)(C)n1nnnc1[C@H](c1ccccc1F)N1CCN(C(=O)c2ccco2)CC1. The molecular weight excluding hydrogens is 387 g/mol. The van der Waals surface area contributed by atoms with Gasteiger partial charge < -0.3 is 9.32 Å². The van der Waals surface area contributed by atoms with Crippen molar-refractivity contribution in [3.05, 3.63) is 65.6 Å². The van der Waals surface area contributed by atoms with Gasteiger partial charge in [0, 0.05) is 31.7 Å². The van der Waals surface area contributed by atoms with Crippen molar-refractivity contribution in [2.24, 2.45) is 0 Å². The van der Waals surface area contributed by atoms with Gasteiger partial charge in [-0.1, -0.05) is 18.2 Å². The number of rotatable bonds is 4. The van der Waals surface area contributed by atoms with Crippen molar-refractivity contribution in [1.29, 1.82) is 0 Å². The second-order valence-corrected chi connectivity index (χ2v) is 8.35. The van der Waals surface area contributed by atoms with Crippen molar-refractivity contribution in [3.8, 4) is 0 Å². The van der Waals surface area contributed by atoms with Gasteiger partial charge in [-0.2, -0.15) is 0 Å².